The fraction of sp³-hybridized carbons (Fsp3) is 1.00. The maximum atomic E-state index is 3.70. The first-order valence-electron chi connectivity index (χ1n) is 8.11. The van der Waals surface area contributed by atoms with Crippen LogP contribution in [0.15, 0.2) is 0 Å². The molecule has 3 fully saturated rings. The van der Waals surface area contributed by atoms with E-state index >= 15 is 0 Å². The molecule has 3 heteroatoms. The predicted molar refractivity (Wildman–Crippen MR) is 75.9 cm³/mol. The molecule has 1 saturated carbocycles. The summed E-state index contributed by atoms with van der Waals surface area (Å²) in [6, 6.07) is 1.70. The third-order valence-corrected chi connectivity index (χ3v) is 4.83. The molecule has 1 unspecified atom stereocenters. The van der Waals surface area contributed by atoms with Crippen molar-refractivity contribution >= 4 is 0 Å². The highest BCUT2D eigenvalue weighted by atomic mass is 15.2. The van der Waals surface area contributed by atoms with Crippen LogP contribution in [-0.2, 0) is 0 Å². The van der Waals surface area contributed by atoms with Gasteiger partial charge in [0.25, 0.3) is 0 Å². The lowest BCUT2D eigenvalue weighted by molar-refractivity contribution is 0.188. The molecule has 1 N–H and O–H groups in total. The van der Waals surface area contributed by atoms with Gasteiger partial charge < -0.3 is 10.2 Å². The molecule has 0 aromatic heterocycles. The highest BCUT2D eigenvalue weighted by molar-refractivity contribution is 4.88. The monoisotopic (exact) mass is 251 g/mol. The first-order chi connectivity index (χ1) is 8.92. The summed E-state index contributed by atoms with van der Waals surface area (Å²) >= 11 is 0. The maximum absolute atomic E-state index is 3.70. The minimum atomic E-state index is 0.776. The van der Waals surface area contributed by atoms with Gasteiger partial charge in [-0.25, -0.2) is 0 Å². The second-order valence-corrected chi connectivity index (χ2v) is 6.42. The van der Waals surface area contributed by atoms with Crippen molar-refractivity contribution in [2.24, 2.45) is 0 Å². The Morgan fingerprint density at radius 3 is 2.50 bits per heavy atom. The molecular formula is C15H29N3. The molecule has 2 heterocycles. The van der Waals surface area contributed by atoms with Crippen LogP contribution in [0, 0.1) is 0 Å². The number of rotatable bonds is 6. The number of nitrogens with zero attached hydrogens (tertiary/aromatic N) is 2. The summed E-state index contributed by atoms with van der Waals surface area (Å²) in [7, 11) is 0. The average molecular weight is 251 g/mol. The summed E-state index contributed by atoms with van der Waals surface area (Å²) in [4.78, 5) is 5.44. The lowest BCUT2D eigenvalue weighted by Crippen LogP contribution is -2.46. The molecule has 3 aliphatic rings. The number of nitrogens with one attached hydrogen (secondary N) is 1. The van der Waals surface area contributed by atoms with Crippen LogP contribution in [0.4, 0.5) is 0 Å². The standard InChI is InChI=1S/C15H29N3/c1-2-8-16-14(5-1)13-18(15-6-7-15)12-11-17-9-3-4-10-17/h14-16H,1-13H2. The molecule has 0 bridgehead atoms. The molecule has 0 amide bonds. The first-order valence-corrected chi connectivity index (χ1v) is 8.11. The number of hydrogen-bond donors (Lipinski definition) is 1. The van der Waals surface area contributed by atoms with E-state index in [9.17, 15) is 0 Å². The predicted octanol–water partition coefficient (Wildman–Crippen LogP) is 1.69. The molecule has 0 aromatic carbocycles. The van der Waals surface area contributed by atoms with Crippen molar-refractivity contribution in [3.63, 3.8) is 0 Å². The summed E-state index contributed by atoms with van der Waals surface area (Å²) in [5, 5.41) is 3.70. The highest BCUT2D eigenvalue weighted by Gasteiger charge is 2.31. The van der Waals surface area contributed by atoms with Gasteiger partial charge >= 0.3 is 0 Å². The molecule has 0 spiro atoms. The van der Waals surface area contributed by atoms with Crippen molar-refractivity contribution in [1.29, 1.82) is 0 Å². The van der Waals surface area contributed by atoms with Gasteiger partial charge in [0, 0.05) is 31.7 Å². The molecular weight excluding hydrogens is 222 g/mol. The molecule has 3 rings (SSSR count). The maximum Gasteiger partial charge on any atom is 0.0195 e. The van der Waals surface area contributed by atoms with E-state index in [1.807, 2.05) is 0 Å². The number of piperidine rings is 1. The largest absolute Gasteiger partial charge is 0.313 e. The molecule has 18 heavy (non-hydrogen) atoms. The van der Waals surface area contributed by atoms with E-state index in [0.29, 0.717) is 0 Å². The second kappa shape index (κ2) is 6.36. The normalized spacial score (nSPS) is 30.2. The SMILES string of the molecule is C1CCC(CN(CCN2CCCC2)C2CC2)NC1. The molecule has 0 radical (unpaired) electrons. The van der Waals surface area contributed by atoms with E-state index in [1.54, 1.807) is 0 Å². The Morgan fingerprint density at radius 2 is 1.83 bits per heavy atom. The van der Waals surface area contributed by atoms with Crippen LogP contribution in [0.5, 0.6) is 0 Å². The Hall–Kier alpha value is -0.120. The van der Waals surface area contributed by atoms with Gasteiger partial charge in [0.05, 0.1) is 0 Å². The van der Waals surface area contributed by atoms with Gasteiger partial charge in [0.2, 0.25) is 0 Å². The summed E-state index contributed by atoms with van der Waals surface area (Å²) in [5.74, 6) is 0. The summed E-state index contributed by atoms with van der Waals surface area (Å²) in [5.41, 5.74) is 0. The van der Waals surface area contributed by atoms with Gasteiger partial charge in [-0.1, -0.05) is 6.42 Å². The molecule has 104 valence electrons. The van der Waals surface area contributed by atoms with Crippen molar-refractivity contribution < 1.29 is 0 Å². The van der Waals surface area contributed by atoms with Gasteiger partial charge in [-0.2, -0.15) is 0 Å². The van der Waals surface area contributed by atoms with Gasteiger partial charge in [0.1, 0.15) is 0 Å². The topological polar surface area (TPSA) is 18.5 Å². The molecule has 2 saturated heterocycles. The van der Waals surface area contributed by atoms with E-state index in [4.69, 9.17) is 0 Å². The summed E-state index contributed by atoms with van der Waals surface area (Å²) < 4.78 is 0. The number of likely N-dealkylation sites (tertiary alicyclic amines) is 1. The lowest BCUT2D eigenvalue weighted by Gasteiger charge is -2.31. The van der Waals surface area contributed by atoms with Crippen LogP contribution in [0.25, 0.3) is 0 Å². The van der Waals surface area contributed by atoms with Crippen molar-refractivity contribution in [3.8, 4) is 0 Å². The minimum absolute atomic E-state index is 0.776. The van der Waals surface area contributed by atoms with Gasteiger partial charge in [-0.05, 0) is 58.2 Å². The average Bonchev–Trinajstić information content (AvgIpc) is 3.12. The summed E-state index contributed by atoms with van der Waals surface area (Å²) in [6.45, 7) is 7.86. The zero-order chi connectivity index (χ0) is 12.2. The van der Waals surface area contributed by atoms with Gasteiger partial charge in [-0.15, -0.1) is 0 Å². The second-order valence-electron chi connectivity index (χ2n) is 6.42. The first kappa shape index (κ1) is 12.9. The molecule has 1 atom stereocenters. The quantitative estimate of drug-likeness (QED) is 0.775. The molecule has 2 aliphatic heterocycles. The van der Waals surface area contributed by atoms with Crippen LogP contribution >= 0.6 is 0 Å². The van der Waals surface area contributed by atoms with E-state index in [0.717, 1.165) is 12.1 Å². The highest BCUT2D eigenvalue weighted by Crippen LogP contribution is 2.27. The third kappa shape index (κ3) is 3.69. The Balaban J connectivity index is 1.42. The van der Waals surface area contributed by atoms with Gasteiger partial charge in [0.15, 0.2) is 0 Å². The van der Waals surface area contributed by atoms with Crippen molar-refractivity contribution in [2.75, 3.05) is 39.3 Å². The Bertz CT molecular complexity index is 240. The Morgan fingerprint density at radius 1 is 1.00 bits per heavy atom. The smallest absolute Gasteiger partial charge is 0.0195 e. The lowest BCUT2D eigenvalue weighted by atomic mass is 10.0. The zero-order valence-corrected chi connectivity index (χ0v) is 11.7. The fourth-order valence-electron chi connectivity index (χ4n) is 3.50. The Kier molecular flexibility index (Phi) is 4.55. The summed E-state index contributed by atoms with van der Waals surface area (Å²) in [6.07, 6.45) is 9.96. The fourth-order valence-corrected chi connectivity index (χ4v) is 3.50. The van der Waals surface area contributed by atoms with E-state index in [-0.39, 0.29) is 0 Å². The van der Waals surface area contributed by atoms with Crippen LogP contribution in [-0.4, -0.2) is 61.2 Å². The number of hydrogen-bond acceptors (Lipinski definition) is 3. The zero-order valence-electron chi connectivity index (χ0n) is 11.7. The van der Waals surface area contributed by atoms with Gasteiger partial charge in [-0.3, -0.25) is 4.90 Å². The Labute approximate surface area is 112 Å². The molecule has 0 aromatic rings. The molecule has 1 aliphatic carbocycles. The molecule has 3 nitrogen and oxygen atoms in total. The van der Waals surface area contributed by atoms with E-state index in [1.165, 1.54) is 84.2 Å². The van der Waals surface area contributed by atoms with Crippen LogP contribution in [0.3, 0.4) is 0 Å². The van der Waals surface area contributed by atoms with E-state index < -0.39 is 0 Å². The van der Waals surface area contributed by atoms with Crippen LogP contribution < -0.4 is 5.32 Å². The van der Waals surface area contributed by atoms with Crippen molar-refractivity contribution in [3.05, 3.63) is 0 Å². The van der Waals surface area contributed by atoms with Crippen molar-refractivity contribution in [2.45, 2.75) is 57.0 Å². The van der Waals surface area contributed by atoms with E-state index in [2.05, 4.69) is 15.1 Å². The minimum Gasteiger partial charge on any atom is -0.313 e. The van der Waals surface area contributed by atoms with Crippen LogP contribution in [0.2, 0.25) is 0 Å². The third-order valence-electron chi connectivity index (χ3n) is 4.83. The van der Waals surface area contributed by atoms with Crippen molar-refractivity contribution in [1.82, 2.24) is 15.1 Å². The van der Waals surface area contributed by atoms with Crippen LogP contribution in [0.1, 0.15) is 44.9 Å².